The van der Waals surface area contributed by atoms with Gasteiger partial charge >= 0.3 is 0 Å². The first-order valence-electron chi connectivity index (χ1n) is 9.12. The van der Waals surface area contributed by atoms with Gasteiger partial charge in [-0.25, -0.2) is 0 Å². The summed E-state index contributed by atoms with van der Waals surface area (Å²) in [5.41, 5.74) is 1.89. The van der Waals surface area contributed by atoms with Gasteiger partial charge in [-0.1, -0.05) is 31.2 Å². The van der Waals surface area contributed by atoms with Gasteiger partial charge in [0.2, 0.25) is 0 Å². The van der Waals surface area contributed by atoms with Crippen molar-refractivity contribution < 1.29 is 14.3 Å². The normalized spacial score (nSPS) is 16.2. The first-order chi connectivity index (χ1) is 13.9. The molecule has 0 aliphatic carbocycles. The topological polar surface area (TPSA) is 70.4 Å². The number of hydrogen-bond acceptors (Lipinski definition) is 5. The number of imide groups is 1. The van der Waals surface area contributed by atoms with E-state index >= 15 is 0 Å². The number of carbonyl (C=O) groups is 2. The zero-order chi connectivity index (χ0) is 21.0. The molecule has 0 N–H and O–H groups in total. The van der Waals surface area contributed by atoms with Gasteiger partial charge in [-0.2, -0.15) is 5.26 Å². The van der Waals surface area contributed by atoms with Crippen LogP contribution < -0.4 is 4.74 Å². The second kappa shape index (κ2) is 9.29. The van der Waals surface area contributed by atoms with Gasteiger partial charge in [0.15, 0.2) is 0 Å². The zero-order valence-electron chi connectivity index (χ0n) is 16.0. The summed E-state index contributed by atoms with van der Waals surface area (Å²) < 4.78 is 6.62. The first-order valence-corrected chi connectivity index (χ1v) is 10.7. The maximum absolute atomic E-state index is 12.8. The fourth-order valence-electron chi connectivity index (χ4n) is 2.73. The maximum Gasteiger partial charge on any atom is 0.293 e. The van der Waals surface area contributed by atoms with Crippen LogP contribution in [0, 0.1) is 11.3 Å². The second-order valence-corrected chi connectivity index (χ2v) is 8.41. The predicted molar refractivity (Wildman–Crippen MR) is 117 cm³/mol. The van der Waals surface area contributed by atoms with Crippen molar-refractivity contribution in [1.29, 1.82) is 5.26 Å². The van der Waals surface area contributed by atoms with E-state index in [9.17, 15) is 14.9 Å². The van der Waals surface area contributed by atoms with Crippen molar-refractivity contribution in [3.05, 3.63) is 68.5 Å². The van der Waals surface area contributed by atoms with Crippen LogP contribution in [-0.4, -0.2) is 22.2 Å². The van der Waals surface area contributed by atoms with Gasteiger partial charge in [-0.3, -0.25) is 14.5 Å². The Hall–Kier alpha value is -2.56. The molecule has 1 aliphatic rings. The number of benzene rings is 2. The highest BCUT2D eigenvalue weighted by Gasteiger charge is 2.35. The quantitative estimate of drug-likeness (QED) is 0.503. The Morgan fingerprint density at radius 2 is 2.03 bits per heavy atom. The van der Waals surface area contributed by atoms with E-state index < -0.39 is 0 Å². The molecule has 5 nitrogen and oxygen atoms in total. The van der Waals surface area contributed by atoms with Crippen molar-refractivity contribution in [2.45, 2.75) is 32.9 Å². The number of nitrogens with zero attached hydrogens (tertiary/aromatic N) is 2. The van der Waals surface area contributed by atoms with Gasteiger partial charge < -0.3 is 4.74 Å². The Balaban J connectivity index is 1.79. The molecular formula is C22H19BrN2O3S. The minimum Gasteiger partial charge on any atom is -0.490 e. The SMILES string of the molecule is CC[C@@H](C)Oc1ccc(/C=C2/SC(=O)N(Cc3ccccc3C#N)C2=O)cc1Br. The molecule has 1 fully saturated rings. The number of rotatable bonds is 6. The summed E-state index contributed by atoms with van der Waals surface area (Å²) in [7, 11) is 0. The molecule has 29 heavy (non-hydrogen) atoms. The van der Waals surface area contributed by atoms with Crippen molar-refractivity contribution in [3.8, 4) is 11.8 Å². The molecule has 1 atom stereocenters. The summed E-state index contributed by atoms with van der Waals surface area (Å²) in [4.78, 5) is 26.7. The van der Waals surface area contributed by atoms with Gasteiger partial charge in [0, 0.05) is 0 Å². The van der Waals surface area contributed by atoms with Crippen LogP contribution in [0.25, 0.3) is 6.08 Å². The molecule has 2 aromatic rings. The Morgan fingerprint density at radius 1 is 1.28 bits per heavy atom. The average molecular weight is 471 g/mol. The number of carbonyl (C=O) groups excluding carboxylic acids is 2. The standard InChI is InChI=1S/C22H19BrN2O3S/c1-3-14(2)28-19-9-8-15(10-18(19)23)11-20-21(26)25(22(27)29-20)13-17-7-5-4-6-16(17)12-24/h4-11,14H,3,13H2,1-2H3/b20-11+/t14-/m1/s1. The summed E-state index contributed by atoms with van der Waals surface area (Å²) in [6.07, 6.45) is 2.69. The molecule has 2 aromatic carbocycles. The monoisotopic (exact) mass is 470 g/mol. The summed E-state index contributed by atoms with van der Waals surface area (Å²) in [5.74, 6) is 0.376. The molecule has 0 radical (unpaired) electrons. The summed E-state index contributed by atoms with van der Waals surface area (Å²) in [6.45, 7) is 4.13. The van der Waals surface area contributed by atoms with Crippen LogP contribution in [0.4, 0.5) is 4.79 Å². The van der Waals surface area contributed by atoms with Crippen LogP contribution >= 0.6 is 27.7 Å². The van der Waals surface area contributed by atoms with Crippen molar-refractivity contribution in [2.24, 2.45) is 0 Å². The zero-order valence-corrected chi connectivity index (χ0v) is 18.4. The van der Waals surface area contributed by atoms with Crippen LogP contribution in [0.2, 0.25) is 0 Å². The third-order valence-electron chi connectivity index (χ3n) is 4.50. The van der Waals surface area contributed by atoms with E-state index in [4.69, 9.17) is 4.74 Å². The average Bonchev–Trinajstić information content (AvgIpc) is 2.97. The highest BCUT2D eigenvalue weighted by Crippen LogP contribution is 2.35. The Bertz CT molecular complexity index is 1030. The van der Waals surface area contributed by atoms with Crippen molar-refractivity contribution in [3.63, 3.8) is 0 Å². The van der Waals surface area contributed by atoms with E-state index in [0.29, 0.717) is 16.0 Å². The molecular weight excluding hydrogens is 452 g/mol. The minimum absolute atomic E-state index is 0.0805. The Kier molecular flexibility index (Phi) is 6.78. The summed E-state index contributed by atoms with van der Waals surface area (Å²) >= 11 is 4.40. The van der Waals surface area contributed by atoms with Gasteiger partial charge in [0.05, 0.1) is 33.7 Å². The van der Waals surface area contributed by atoms with Crippen LogP contribution in [0.15, 0.2) is 51.8 Å². The van der Waals surface area contributed by atoms with Gasteiger partial charge in [-0.05, 0) is 76.4 Å². The number of hydrogen-bond donors (Lipinski definition) is 0. The van der Waals surface area contributed by atoms with Crippen molar-refractivity contribution in [1.82, 2.24) is 4.90 Å². The first kappa shape index (κ1) is 21.2. The van der Waals surface area contributed by atoms with E-state index in [1.807, 2.05) is 25.1 Å². The Morgan fingerprint density at radius 3 is 2.72 bits per heavy atom. The molecule has 1 aliphatic heterocycles. The number of nitriles is 1. The van der Waals surface area contributed by atoms with Crippen molar-refractivity contribution >= 4 is 44.9 Å². The van der Waals surface area contributed by atoms with Gasteiger partial charge in [0.25, 0.3) is 11.1 Å². The lowest BCUT2D eigenvalue weighted by molar-refractivity contribution is -0.123. The smallest absolute Gasteiger partial charge is 0.293 e. The fourth-order valence-corrected chi connectivity index (χ4v) is 4.06. The molecule has 3 rings (SSSR count). The fraction of sp³-hybridized carbons (Fsp3) is 0.227. The molecule has 0 saturated carbocycles. The van der Waals surface area contributed by atoms with E-state index in [1.54, 1.807) is 30.3 Å². The van der Waals surface area contributed by atoms with E-state index in [0.717, 1.165) is 34.0 Å². The van der Waals surface area contributed by atoms with Crippen LogP contribution in [0.1, 0.15) is 37.0 Å². The third kappa shape index (κ3) is 4.89. The third-order valence-corrected chi connectivity index (χ3v) is 6.02. The van der Waals surface area contributed by atoms with Crippen molar-refractivity contribution in [2.75, 3.05) is 0 Å². The summed E-state index contributed by atoms with van der Waals surface area (Å²) in [5, 5.41) is 8.88. The number of halogens is 1. The molecule has 1 saturated heterocycles. The Labute approximate surface area is 182 Å². The molecule has 0 unspecified atom stereocenters. The maximum atomic E-state index is 12.8. The molecule has 0 bridgehead atoms. The number of ether oxygens (including phenoxy) is 1. The lowest BCUT2D eigenvalue weighted by Gasteiger charge is -2.14. The van der Waals surface area contributed by atoms with E-state index in [-0.39, 0.29) is 23.8 Å². The molecule has 7 heteroatoms. The second-order valence-electron chi connectivity index (χ2n) is 6.56. The molecule has 1 heterocycles. The molecule has 0 spiro atoms. The minimum atomic E-state index is -0.358. The largest absolute Gasteiger partial charge is 0.490 e. The number of thioether (sulfide) groups is 1. The molecule has 0 aromatic heterocycles. The van der Waals surface area contributed by atoms with Gasteiger partial charge in [0.1, 0.15) is 5.75 Å². The highest BCUT2D eigenvalue weighted by molar-refractivity contribution is 9.10. The van der Waals surface area contributed by atoms with Crippen LogP contribution in [0.5, 0.6) is 5.75 Å². The lowest BCUT2D eigenvalue weighted by atomic mass is 10.1. The lowest BCUT2D eigenvalue weighted by Crippen LogP contribution is -2.27. The van der Waals surface area contributed by atoms with Crippen LogP contribution in [-0.2, 0) is 11.3 Å². The van der Waals surface area contributed by atoms with Crippen LogP contribution in [0.3, 0.4) is 0 Å². The van der Waals surface area contributed by atoms with E-state index in [1.165, 1.54) is 4.90 Å². The molecule has 148 valence electrons. The van der Waals surface area contributed by atoms with Gasteiger partial charge in [-0.15, -0.1) is 0 Å². The number of amides is 2. The summed E-state index contributed by atoms with van der Waals surface area (Å²) in [6, 6.07) is 14.6. The predicted octanol–water partition coefficient (Wildman–Crippen LogP) is 5.73. The van der Waals surface area contributed by atoms with E-state index in [2.05, 4.69) is 28.9 Å². The molecule has 2 amide bonds. The highest BCUT2D eigenvalue weighted by atomic mass is 79.9.